The van der Waals surface area contributed by atoms with Crippen LogP contribution >= 0.6 is 0 Å². The molecule has 0 spiro atoms. The molecular formula is C21H28N2O5S. The minimum atomic E-state index is -3.84. The summed E-state index contributed by atoms with van der Waals surface area (Å²) in [5, 5.41) is 2.88. The van der Waals surface area contributed by atoms with Crippen LogP contribution in [0.25, 0.3) is 0 Å². The molecule has 8 heteroatoms. The molecule has 2 N–H and O–H groups in total. The molecule has 7 nitrogen and oxygen atoms in total. The Balaban J connectivity index is 2.28. The number of sulfonamides is 1. The third kappa shape index (κ3) is 6.47. The van der Waals surface area contributed by atoms with Crippen LogP contribution in [0.5, 0.6) is 11.5 Å². The van der Waals surface area contributed by atoms with Crippen molar-refractivity contribution in [1.82, 2.24) is 10.0 Å². The maximum absolute atomic E-state index is 12.9. The highest BCUT2D eigenvalue weighted by Gasteiger charge is 2.24. The lowest BCUT2D eigenvalue weighted by Gasteiger charge is -2.21. The lowest BCUT2D eigenvalue weighted by molar-refractivity contribution is -0.122. The largest absolute Gasteiger partial charge is 0.497 e. The van der Waals surface area contributed by atoms with Crippen LogP contribution in [-0.2, 0) is 14.8 Å². The lowest BCUT2D eigenvalue weighted by atomic mass is 10.0. The monoisotopic (exact) mass is 420 g/mol. The second kappa shape index (κ2) is 10.3. The van der Waals surface area contributed by atoms with Crippen molar-refractivity contribution in [2.45, 2.75) is 43.7 Å². The second-order valence-corrected chi connectivity index (χ2v) is 8.42. The highest BCUT2D eigenvalue weighted by molar-refractivity contribution is 7.89. The zero-order valence-electron chi connectivity index (χ0n) is 17.1. The van der Waals surface area contributed by atoms with Crippen molar-refractivity contribution in [1.29, 1.82) is 0 Å². The zero-order chi connectivity index (χ0) is 21.4. The van der Waals surface area contributed by atoms with Crippen LogP contribution in [0, 0.1) is 0 Å². The number of methoxy groups -OCH3 is 2. The van der Waals surface area contributed by atoms with Crippen LogP contribution < -0.4 is 19.5 Å². The molecule has 0 unspecified atom stereocenters. The number of benzene rings is 2. The molecular weight excluding hydrogens is 392 g/mol. The summed E-state index contributed by atoms with van der Waals surface area (Å²) >= 11 is 0. The molecule has 0 radical (unpaired) electrons. The number of rotatable bonds is 10. The molecule has 2 aromatic carbocycles. The molecule has 29 heavy (non-hydrogen) atoms. The number of hydrogen-bond acceptors (Lipinski definition) is 5. The van der Waals surface area contributed by atoms with Crippen LogP contribution in [0.15, 0.2) is 53.4 Å². The Labute approximate surface area is 172 Å². The Morgan fingerprint density at radius 1 is 0.966 bits per heavy atom. The summed E-state index contributed by atoms with van der Waals surface area (Å²) in [6, 6.07) is 12.3. The van der Waals surface area contributed by atoms with E-state index in [4.69, 9.17) is 9.47 Å². The van der Waals surface area contributed by atoms with E-state index in [1.165, 1.54) is 19.2 Å². The van der Waals surface area contributed by atoms with E-state index in [1.807, 2.05) is 13.8 Å². The van der Waals surface area contributed by atoms with E-state index >= 15 is 0 Å². The van der Waals surface area contributed by atoms with E-state index in [0.29, 0.717) is 17.1 Å². The Morgan fingerprint density at radius 2 is 1.48 bits per heavy atom. The van der Waals surface area contributed by atoms with Crippen molar-refractivity contribution in [3.63, 3.8) is 0 Å². The molecule has 0 aliphatic carbocycles. The fourth-order valence-electron chi connectivity index (χ4n) is 2.70. The fourth-order valence-corrected chi connectivity index (χ4v) is 3.92. The van der Waals surface area contributed by atoms with Gasteiger partial charge in [0.15, 0.2) is 0 Å². The average molecular weight is 421 g/mol. The molecule has 0 heterocycles. The van der Waals surface area contributed by atoms with Gasteiger partial charge in [0.25, 0.3) is 0 Å². The van der Waals surface area contributed by atoms with Gasteiger partial charge in [-0.3, -0.25) is 4.79 Å². The molecule has 2 aromatic rings. The molecule has 158 valence electrons. The third-order valence-corrected chi connectivity index (χ3v) is 6.08. The van der Waals surface area contributed by atoms with Crippen LogP contribution in [0.4, 0.5) is 0 Å². The smallest absolute Gasteiger partial charge is 0.241 e. The van der Waals surface area contributed by atoms with Crippen molar-refractivity contribution in [3.8, 4) is 11.5 Å². The molecule has 2 atom stereocenters. The van der Waals surface area contributed by atoms with E-state index < -0.39 is 16.1 Å². The molecule has 0 saturated heterocycles. The van der Waals surface area contributed by atoms with Gasteiger partial charge in [0.1, 0.15) is 11.5 Å². The summed E-state index contributed by atoms with van der Waals surface area (Å²) in [6.07, 6.45) is 0.766. The average Bonchev–Trinajstić information content (AvgIpc) is 2.73. The van der Waals surface area contributed by atoms with Crippen molar-refractivity contribution in [2.24, 2.45) is 0 Å². The van der Waals surface area contributed by atoms with Gasteiger partial charge in [-0.25, -0.2) is 13.1 Å². The molecule has 0 bridgehead atoms. The summed E-state index contributed by atoms with van der Waals surface area (Å²) < 4.78 is 38.7. The Bertz CT molecular complexity index is 896. The highest BCUT2D eigenvalue weighted by Crippen LogP contribution is 2.24. The first-order valence-electron chi connectivity index (χ1n) is 9.38. The Hall–Kier alpha value is -2.58. The minimum absolute atomic E-state index is 0.0113. The molecule has 0 aliphatic rings. The van der Waals surface area contributed by atoms with Gasteiger partial charge in [0.05, 0.1) is 25.2 Å². The van der Waals surface area contributed by atoms with E-state index in [-0.39, 0.29) is 23.3 Å². The van der Waals surface area contributed by atoms with Gasteiger partial charge in [0.2, 0.25) is 15.9 Å². The number of nitrogens with one attached hydrogen (secondary N) is 2. The third-order valence-electron chi connectivity index (χ3n) is 4.59. The van der Waals surface area contributed by atoms with Gasteiger partial charge >= 0.3 is 0 Å². The Morgan fingerprint density at radius 3 is 1.97 bits per heavy atom. The maximum Gasteiger partial charge on any atom is 0.241 e. The molecule has 0 fully saturated rings. The fraction of sp³-hybridized carbons (Fsp3) is 0.381. The summed E-state index contributed by atoms with van der Waals surface area (Å²) in [6.45, 7) is 3.88. The van der Waals surface area contributed by atoms with Crippen molar-refractivity contribution >= 4 is 15.9 Å². The molecule has 1 amide bonds. The number of ether oxygens (including phenoxy) is 2. The SMILES string of the molecule is CC[C@H](C)NC(=O)C[C@H](NS(=O)(=O)c1ccc(OC)cc1)c1ccc(OC)cc1. The van der Waals surface area contributed by atoms with Crippen LogP contribution in [0.3, 0.4) is 0 Å². The van der Waals surface area contributed by atoms with Gasteiger partial charge < -0.3 is 14.8 Å². The van der Waals surface area contributed by atoms with Crippen LogP contribution in [0.2, 0.25) is 0 Å². The Kier molecular flexibility index (Phi) is 8.04. The number of carbonyl (C=O) groups is 1. The first-order valence-corrected chi connectivity index (χ1v) is 10.9. The molecule has 2 rings (SSSR count). The minimum Gasteiger partial charge on any atom is -0.497 e. The van der Waals surface area contributed by atoms with Crippen molar-refractivity contribution in [2.75, 3.05) is 14.2 Å². The maximum atomic E-state index is 12.9. The van der Waals surface area contributed by atoms with Crippen LogP contribution in [0.1, 0.15) is 38.3 Å². The normalized spacial score (nSPS) is 13.4. The first-order chi connectivity index (χ1) is 13.8. The van der Waals surface area contributed by atoms with Crippen LogP contribution in [-0.4, -0.2) is 34.6 Å². The van der Waals surface area contributed by atoms with Gasteiger partial charge in [-0.15, -0.1) is 0 Å². The summed E-state index contributed by atoms with van der Waals surface area (Å²) in [5.74, 6) is 0.982. The summed E-state index contributed by atoms with van der Waals surface area (Å²) in [4.78, 5) is 12.5. The predicted molar refractivity (Wildman–Crippen MR) is 112 cm³/mol. The van der Waals surface area contributed by atoms with Crippen molar-refractivity contribution < 1.29 is 22.7 Å². The number of carbonyl (C=O) groups excluding carboxylic acids is 1. The van der Waals surface area contributed by atoms with E-state index in [2.05, 4.69) is 10.0 Å². The summed E-state index contributed by atoms with van der Waals surface area (Å²) in [5.41, 5.74) is 0.669. The highest BCUT2D eigenvalue weighted by atomic mass is 32.2. The first kappa shape index (κ1) is 22.7. The molecule has 0 aliphatic heterocycles. The standard InChI is InChI=1S/C21H28N2O5S/c1-5-15(2)22-21(24)14-20(16-6-8-17(27-3)9-7-16)23-29(25,26)19-12-10-18(28-4)11-13-19/h6-13,15,20,23H,5,14H2,1-4H3,(H,22,24)/t15-,20-/m0/s1. The van der Waals surface area contributed by atoms with E-state index in [9.17, 15) is 13.2 Å². The lowest BCUT2D eigenvalue weighted by Crippen LogP contribution is -2.37. The van der Waals surface area contributed by atoms with E-state index in [1.54, 1.807) is 43.5 Å². The van der Waals surface area contributed by atoms with Gasteiger partial charge in [0, 0.05) is 12.5 Å². The van der Waals surface area contributed by atoms with Crippen molar-refractivity contribution in [3.05, 3.63) is 54.1 Å². The van der Waals surface area contributed by atoms with Gasteiger partial charge in [-0.05, 0) is 55.3 Å². The second-order valence-electron chi connectivity index (χ2n) is 6.70. The number of hydrogen-bond donors (Lipinski definition) is 2. The summed E-state index contributed by atoms with van der Waals surface area (Å²) in [7, 11) is -0.779. The van der Waals surface area contributed by atoms with Gasteiger partial charge in [-0.2, -0.15) is 0 Å². The topological polar surface area (TPSA) is 93.7 Å². The predicted octanol–water partition coefficient (Wildman–Crippen LogP) is 3.03. The number of amides is 1. The molecule has 0 aromatic heterocycles. The van der Waals surface area contributed by atoms with Gasteiger partial charge in [-0.1, -0.05) is 19.1 Å². The van der Waals surface area contributed by atoms with E-state index in [0.717, 1.165) is 6.42 Å². The zero-order valence-corrected chi connectivity index (χ0v) is 18.0. The molecule has 0 saturated carbocycles. The quantitative estimate of drug-likeness (QED) is 0.616.